The van der Waals surface area contributed by atoms with Crippen molar-refractivity contribution in [3.63, 3.8) is 0 Å². The number of aliphatic hydroxyl groups excluding tert-OH is 1. The Balaban J connectivity index is 0.000000294. The second kappa shape index (κ2) is 15.8. The monoisotopic (exact) mass is 715 g/mol. The van der Waals surface area contributed by atoms with Crippen LogP contribution in [0, 0.1) is 17.9 Å². The van der Waals surface area contributed by atoms with Crippen LogP contribution in [0.25, 0.3) is 32.8 Å². The Morgan fingerprint density at radius 2 is 1.55 bits per heavy atom. The number of benzene rings is 3. The van der Waals surface area contributed by atoms with E-state index in [-0.39, 0.29) is 50.9 Å². The summed E-state index contributed by atoms with van der Waals surface area (Å²) in [5.74, 6) is 0.547. The standard InChI is InChI=1S/C22H16N.C13H24O2.CH4.Ir/c1-2-11-18-15(6-1)7-4-12-19(18)22-20-13-5-9-16-8-3-10-17(14-23-22)21(16)20;1-5-10(6-2)12(14)9-13(15)11(7-3)8-4;;/h1-2,4-7,9,11,13-14H,3,8,10H2;9-11,14H,5-8H2,1-4H3;1H4;/q-1;;;. The molecule has 5 rings (SSSR count). The van der Waals surface area contributed by atoms with Gasteiger partial charge in [-0.1, -0.05) is 83.0 Å². The molecule has 40 heavy (non-hydrogen) atoms. The molecule has 1 aromatic heterocycles. The van der Waals surface area contributed by atoms with Crippen LogP contribution in [0.4, 0.5) is 0 Å². The summed E-state index contributed by atoms with van der Waals surface area (Å²) in [6.07, 6.45) is 10.5. The fourth-order valence-electron chi connectivity index (χ4n) is 5.66. The van der Waals surface area contributed by atoms with Crippen molar-refractivity contribution in [2.24, 2.45) is 11.8 Å². The average Bonchev–Trinajstić information content (AvgIpc) is 2.95. The fourth-order valence-corrected chi connectivity index (χ4v) is 5.66. The molecular weight excluding hydrogens is 671 g/mol. The van der Waals surface area contributed by atoms with Crippen LogP contribution in [-0.4, -0.2) is 15.9 Å². The molecule has 3 aromatic carbocycles. The van der Waals surface area contributed by atoms with Crippen LogP contribution in [0.5, 0.6) is 0 Å². The SMILES string of the molecule is C.CCC(CC)C(=O)C=C(O)C(CC)CC.[Ir].[c-]1ccc2ccccc2c1-c1ncc2c3c(cccc13)CCC2. The maximum absolute atomic E-state index is 11.7. The predicted octanol–water partition coefficient (Wildman–Crippen LogP) is 9.85. The van der Waals surface area contributed by atoms with Gasteiger partial charge in [0.25, 0.3) is 0 Å². The van der Waals surface area contributed by atoms with Gasteiger partial charge in [-0.25, -0.2) is 0 Å². The van der Waals surface area contributed by atoms with Gasteiger partial charge in [0.15, 0.2) is 5.78 Å². The molecule has 0 fully saturated rings. The number of allylic oxidation sites excluding steroid dienone is 2. The molecule has 0 saturated carbocycles. The fraction of sp³-hybridized carbons (Fsp3) is 0.389. The van der Waals surface area contributed by atoms with Crippen LogP contribution in [-0.2, 0) is 37.7 Å². The van der Waals surface area contributed by atoms with Crippen molar-refractivity contribution in [1.29, 1.82) is 0 Å². The zero-order valence-corrected chi connectivity index (χ0v) is 26.0. The van der Waals surface area contributed by atoms with Gasteiger partial charge in [0.1, 0.15) is 0 Å². The third-order valence-corrected chi connectivity index (χ3v) is 8.01. The van der Waals surface area contributed by atoms with Gasteiger partial charge in [0.2, 0.25) is 0 Å². The zero-order chi connectivity index (χ0) is 27.1. The van der Waals surface area contributed by atoms with Crippen molar-refractivity contribution >= 4 is 27.3 Å². The molecule has 0 bridgehead atoms. The Morgan fingerprint density at radius 3 is 2.25 bits per heavy atom. The van der Waals surface area contributed by atoms with E-state index in [0.717, 1.165) is 43.4 Å². The minimum atomic E-state index is 0. The first-order valence-electron chi connectivity index (χ1n) is 14.3. The molecule has 0 unspecified atom stereocenters. The number of carbonyl (C=O) groups is 1. The molecule has 0 atom stereocenters. The summed E-state index contributed by atoms with van der Waals surface area (Å²) < 4.78 is 0. The van der Waals surface area contributed by atoms with E-state index < -0.39 is 0 Å². The first-order chi connectivity index (χ1) is 18.5. The van der Waals surface area contributed by atoms with Crippen molar-refractivity contribution in [2.75, 3.05) is 0 Å². The third-order valence-electron chi connectivity index (χ3n) is 8.01. The van der Waals surface area contributed by atoms with Crippen LogP contribution in [0.3, 0.4) is 0 Å². The van der Waals surface area contributed by atoms with Crippen molar-refractivity contribution in [1.82, 2.24) is 4.98 Å². The van der Waals surface area contributed by atoms with E-state index in [1.165, 1.54) is 51.6 Å². The van der Waals surface area contributed by atoms with Crippen molar-refractivity contribution in [2.45, 2.75) is 80.1 Å². The van der Waals surface area contributed by atoms with Crippen LogP contribution < -0.4 is 0 Å². The molecule has 0 saturated heterocycles. The van der Waals surface area contributed by atoms with E-state index in [2.05, 4.69) is 60.8 Å². The maximum atomic E-state index is 11.7. The topological polar surface area (TPSA) is 50.2 Å². The Kier molecular flexibility index (Phi) is 13.2. The normalized spacial score (nSPS) is 12.5. The predicted molar refractivity (Wildman–Crippen MR) is 166 cm³/mol. The van der Waals surface area contributed by atoms with E-state index in [0.29, 0.717) is 0 Å². The molecule has 1 radical (unpaired) electrons. The molecule has 4 heteroatoms. The van der Waals surface area contributed by atoms with Crippen molar-refractivity contribution < 1.29 is 30.0 Å². The summed E-state index contributed by atoms with van der Waals surface area (Å²) in [6.45, 7) is 8.07. The summed E-state index contributed by atoms with van der Waals surface area (Å²) in [4.78, 5) is 16.6. The van der Waals surface area contributed by atoms with E-state index in [1.54, 1.807) is 0 Å². The van der Waals surface area contributed by atoms with Crippen molar-refractivity contribution in [3.8, 4) is 11.3 Å². The van der Waals surface area contributed by atoms with Gasteiger partial charge >= 0.3 is 0 Å². The van der Waals surface area contributed by atoms with Gasteiger partial charge in [0, 0.05) is 44.2 Å². The average molecular weight is 715 g/mol. The van der Waals surface area contributed by atoms with Gasteiger partial charge in [-0.3, -0.25) is 4.79 Å². The van der Waals surface area contributed by atoms with E-state index in [4.69, 9.17) is 4.98 Å². The molecule has 1 heterocycles. The number of fused-ring (bicyclic) bond motifs is 1. The first-order valence-corrected chi connectivity index (χ1v) is 14.3. The zero-order valence-electron chi connectivity index (χ0n) is 23.6. The van der Waals surface area contributed by atoms with E-state index >= 15 is 0 Å². The Labute approximate surface area is 254 Å². The molecule has 0 aliphatic heterocycles. The number of rotatable bonds is 8. The Hall–Kier alpha value is -2.81. The molecule has 1 aliphatic rings. The second-order valence-corrected chi connectivity index (χ2v) is 10.3. The second-order valence-electron chi connectivity index (χ2n) is 10.3. The van der Waals surface area contributed by atoms with Gasteiger partial charge in [0.05, 0.1) is 5.76 Å². The van der Waals surface area contributed by atoms with Gasteiger partial charge in [-0.15, -0.1) is 29.1 Å². The first kappa shape index (κ1) is 33.4. The van der Waals surface area contributed by atoms with Gasteiger partial charge in [-0.05, 0) is 72.5 Å². The molecule has 215 valence electrons. The number of aryl methyl sites for hydroxylation is 2. The van der Waals surface area contributed by atoms with Crippen LogP contribution in [0.15, 0.2) is 72.6 Å². The summed E-state index contributed by atoms with van der Waals surface area (Å²) >= 11 is 0. The molecule has 3 nitrogen and oxygen atoms in total. The molecule has 0 amide bonds. The number of aliphatic hydroxyl groups is 1. The number of nitrogens with zero attached hydrogens (tertiary/aromatic N) is 1. The number of ketones is 1. The molecule has 0 spiro atoms. The van der Waals surface area contributed by atoms with Crippen molar-refractivity contribution in [3.05, 3.63) is 89.8 Å². The van der Waals surface area contributed by atoms with Crippen LogP contribution >= 0.6 is 0 Å². The number of hydrogen-bond donors (Lipinski definition) is 1. The summed E-state index contributed by atoms with van der Waals surface area (Å²) in [6, 6.07) is 22.7. The third kappa shape index (κ3) is 7.28. The number of aromatic nitrogens is 1. The van der Waals surface area contributed by atoms with Gasteiger partial charge in [-0.2, -0.15) is 0 Å². The number of pyridine rings is 1. The maximum Gasteiger partial charge on any atom is 0.162 e. The molecule has 1 N–H and O–H groups in total. The van der Waals surface area contributed by atoms with Crippen LogP contribution in [0.1, 0.15) is 78.4 Å². The van der Waals surface area contributed by atoms with E-state index in [9.17, 15) is 9.90 Å². The Bertz CT molecular complexity index is 1420. The minimum absolute atomic E-state index is 0. The summed E-state index contributed by atoms with van der Waals surface area (Å²) in [5.41, 5.74) is 5.03. The largest absolute Gasteiger partial charge is 0.512 e. The molecular formula is C36H44IrNO2-. The quantitative estimate of drug-likeness (QED) is 0.112. The van der Waals surface area contributed by atoms with Crippen LogP contribution in [0.2, 0.25) is 0 Å². The number of carbonyl (C=O) groups excluding carboxylic acids is 1. The molecule has 1 aliphatic carbocycles. The number of hydrogen-bond acceptors (Lipinski definition) is 3. The van der Waals surface area contributed by atoms with E-state index in [1.807, 2.05) is 33.8 Å². The summed E-state index contributed by atoms with van der Waals surface area (Å²) in [7, 11) is 0. The molecule has 4 aromatic rings. The Morgan fingerprint density at radius 1 is 0.900 bits per heavy atom. The minimum Gasteiger partial charge on any atom is -0.512 e. The van der Waals surface area contributed by atoms with Gasteiger partial charge < -0.3 is 10.1 Å². The smallest absolute Gasteiger partial charge is 0.162 e. The summed E-state index contributed by atoms with van der Waals surface area (Å²) in [5, 5.41) is 14.9.